The molecule has 0 atom stereocenters. The molecule has 31 heavy (non-hydrogen) atoms. The SMILES string of the molecule is COc1cccc(-c2[nH]c(Cc3ccc(Br)cc3)nc2-c2ccc3ccccc3n2)n1. The number of nitrogens with one attached hydrogen (secondary N) is 1. The number of H-pyrrole nitrogens is 1. The molecule has 0 amide bonds. The molecule has 3 aromatic heterocycles. The number of aromatic amines is 1. The number of hydrogen-bond acceptors (Lipinski definition) is 4. The maximum absolute atomic E-state index is 5.33. The first-order valence-corrected chi connectivity index (χ1v) is 10.7. The van der Waals surface area contributed by atoms with Crippen LogP contribution in [0.15, 0.2) is 83.3 Å². The highest BCUT2D eigenvalue weighted by molar-refractivity contribution is 9.10. The van der Waals surface area contributed by atoms with Crippen LogP contribution in [0.4, 0.5) is 0 Å². The van der Waals surface area contributed by atoms with Crippen molar-refractivity contribution in [2.75, 3.05) is 7.11 Å². The Morgan fingerprint density at radius 1 is 0.806 bits per heavy atom. The van der Waals surface area contributed by atoms with Gasteiger partial charge in [-0.1, -0.05) is 58.4 Å². The van der Waals surface area contributed by atoms with Crippen molar-refractivity contribution in [3.63, 3.8) is 0 Å². The molecule has 0 aliphatic carbocycles. The molecule has 5 rings (SSSR count). The van der Waals surface area contributed by atoms with Gasteiger partial charge in [-0.15, -0.1) is 0 Å². The third-order valence-electron chi connectivity index (χ3n) is 5.07. The molecule has 5 nitrogen and oxygen atoms in total. The zero-order chi connectivity index (χ0) is 21.2. The van der Waals surface area contributed by atoms with Crippen LogP contribution in [0, 0.1) is 0 Å². The fourth-order valence-corrected chi connectivity index (χ4v) is 3.80. The van der Waals surface area contributed by atoms with Crippen LogP contribution in [-0.4, -0.2) is 27.0 Å². The van der Waals surface area contributed by atoms with Crippen LogP contribution >= 0.6 is 15.9 Å². The number of pyridine rings is 2. The zero-order valence-electron chi connectivity index (χ0n) is 16.8. The number of halogens is 1. The van der Waals surface area contributed by atoms with Crippen LogP contribution in [0.5, 0.6) is 5.88 Å². The number of fused-ring (bicyclic) bond motifs is 1. The molecule has 5 aromatic rings. The van der Waals surface area contributed by atoms with Crippen LogP contribution in [-0.2, 0) is 6.42 Å². The molecule has 3 heterocycles. The molecule has 6 heteroatoms. The van der Waals surface area contributed by atoms with E-state index in [1.54, 1.807) is 7.11 Å². The normalized spacial score (nSPS) is 11.0. The summed E-state index contributed by atoms with van der Waals surface area (Å²) in [5.74, 6) is 1.41. The molecule has 152 valence electrons. The van der Waals surface area contributed by atoms with Crippen molar-refractivity contribution in [3.8, 4) is 28.7 Å². The lowest BCUT2D eigenvalue weighted by molar-refractivity contribution is 0.398. The molecular formula is C25H19BrN4O. The Labute approximate surface area is 188 Å². The molecule has 0 aliphatic heterocycles. The first-order chi connectivity index (χ1) is 15.2. The molecular weight excluding hydrogens is 452 g/mol. The molecule has 0 spiro atoms. The third-order valence-corrected chi connectivity index (χ3v) is 5.60. The highest BCUT2D eigenvalue weighted by atomic mass is 79.9. The van der Waals surface area contributed by atoms with Gasteiger partial charge in [0.25, 0.3) is 0 Å². The second kappa shape index (κ2) is 8.32. The lowest BCUT2D eigenvalue weighted by Gasteiger charge is -2.05. The molecule has 0 saturated carbocycles. The Morgan fingerprint density at radius 3 is 2.48 bits per heavy atom. The molecule has 0 radical (unpaired) electrons. The van der Waals surface area contributed by atoms with Crippen molar-refractivity contribution in [2.45, 2.75) is 6.42 Å². The smallest absolute Gasteiger partial charge is 0.213 e. The lowest BCUT2D eigenvalue weighted by atomic mass is 10.1. The monoisotopic (exact) mass is 470 g/mol. The van der Waals surface area contributed by atoms with E-state index in [0.717, 1.165) is 44.0 Å². The number of hydrogen-bond donors (Lipinski definition) is 1. The minimum atomic E-state index is 0.555. The summed E-state index contributed by atoms with van der Waals surface area (Å²) in [7, 11) is 1.61. The molecule has 0 aliphatic rings. The topological polar surface area (TPSA) is 63.7 Å². The number of ether oxygens (including phenoxy) is 1. The molecule has 0 saturated heterocycles. The Hall–Kier alpha value is -3.51. The number of rotatable bonds is 5. The number of aromatic nitrogens is 4. The van der Waals surface area contributed by atoms with Gasteiger partial charge < -0.3 is 9.72 Å². The van der Waals surface area contributed by atoms with Gasteiger partial charge in [0, 0.05) is 22.3 Å². The number of imidazole rings is 1. The van der Waals surface area contributed by atoms with Crippen molar-refractivity contribution in [3.05, 3.63) is 94.7 Å². The van der Waals surface area contributed by atoms with E-state index < -0.39 is 0 Å². The van der Waals surface area contributed by atoms with Gasteiger partial charge in [-0.2, -0.15) is 0 Å². The first-order valence-electron chi connectivity index (χ1n) is 9.90. The van der Waals surface area contributed by atoms with Gasteiger partial charge in [0.05, 0.1) is 29.7 Å². The summed E-state index contributed by atoms with van der Waals surface area (Å²) >= 11 is 3.49. The fraction of sp³-hybridized carbons (Fsp3) is 0.0800. The Bertz CT molecular complexity index is 1360. The standard InChI is InChI=1S/C25H19BrN4O/c1-31-23-8-4-7-20(28-23)24-25(21-14-11-17-5-2-3-6-19(17)27-21)30-22(29-24)15-16-9-12-18(26)13-10-16/h2-14H,15H2,1H3,(H,29,30). The number of methoxy groups -OCH3 is 1. The van der Waals surface area contributed by atoms with Gasteiger partial charge in [0.15, 0.2) is 0 Å². The lowest BCUT2D eigenvalue weighted by Crippen LogP contribution is -1.93. The number of benzene rings is 2. The predicted octanol–water partition coefficient (Wildman–Crippen LogP) is 6.05. The van der Waals surface area contributed by atoms with Gasteiger partial charge in [0.1, 0.15) is 11.5 Å². The highest BCUT2D eigenvalue weighted by Crippen LogP contribution is 2.31. The Morgan fingerprint density at radius 2 is 1.65 bits per heavy atom. The Balaban J connectivity index is 1.63. The number of para-hydroxylation sites is 1. The van der Waals surface area contributed by atoms with Gasteiger partial charge in [-0.05, 0) is 35.9 Å². The summed E-state index contributed by atoms with van der Waals surface area (Å²) in [5, 5.41) is 1.10. The second-order valence-corrected chi connectivity index (χ2v) is 8.08. The predicted molar refractivity (Wildman–Crippen MR) is 126 cm³/mol. The van der Waals surface area contributed by atoms with E-state index in [2.05, 4.69) is 50.2 Å². The third kappa shape index (κ3) is 4.07. The van der Waals surface area contributed by atoms with Crippen molar-refractivity contribution in [1.82, 2.24) is 19.9 Å². The minimum absolute atomic E-state index is 0.555. The second-order valence-electron chi connectivity index (χ2n) is 7.16. The molecule has 0 bridgehead atoms. The molecule has 2 aromatic carbocycles. The van der Waals surface area contributed by atoms with Crippen molar-refractivity contribution < 1.29 is 4.74 Å². The summed E-state index contributed by atoms with van der Waals surface area (Å²) in [6.07, 6.45) is 0.678. The van der Waals surface area contributed by atoms with E-state index >= 15 is 0 Å². The molecule has 1 N–H and O–H groups in total. The van der Waals surface area contributed by atoms with E-state index in [1.807, 2.05) is 54.6 Å². The van der Waals surface area contributed by atoms with E-state index in [-0.39, 0.29) is 0 Å². The largest absolute Gasteiger partial charge is 0.481 e. The molecule has 0 fully saturated rings. The summed E-state index contributed by atoms with van der Waals surface area (Å²) in [6.45, 7) is 0. The van der Waals surface area contributed by atoms with Crippen LogP contribution < -0.4 is 4.74 Å². The fourth-order valence-electron chi connectivity index (χ4n) is 3.54. The first kappa shape index (κ1) is 19.5. The van der Waals surface area contributed by atoms with Crippen LogP contribution in [0.3, 0.4) is 0 Å². The van der Waals surface area contributed by atoms with E-state index in [0.29, 0.717) is 12.3 Å². The van der Waals surface area contributed by atoms with E-state index in [9.17, 15) is 0 Å². The van der Waals surface area contributed by atoms with Gasteiger partial charge in [0.2, 0.25) is 5.88 Å². The maximum Gasteiger partial charge on any atom is 0.213 e. The number of nitrogens with zero attached hydrogens (tertiary/aromatic N) is 3. The van der Waals surface area contributed by atoms with Crippen LogP contribution in [0.25, 0.3) is 33.7 Å². The van der Waals surface area contributed by atoms with Crippen LogP contribution in [0.2, 0.25) is 0 Å². The van der Waals surface area contributed by atoms with Crippen molar-refractivity contribution >= 4 is 26.8 Å². The highest BCUT2D eigenvalue weighted by Gasteiger charge is 2.17. The average molecular weight is 471 g/mol. The van der Waals surface area contributed by atoms with Gasteiger partial charge in [-0.3, -0.25) is 0 Å². The van der Waals surface area contributed by atoms with Crippen LogP contribution in [0.1, 0.15) is 11.4 Å². The Kier molecular flexibility index (Phi) is 5.22. The average Bonchev–Trinajstić information content (AvgIpc) is 3.24. The van der Waals surface area contributed by atoms with E-state index in [1.165, 1.54) is 5.56 Å². The van der Waals surface area contributed by atoms with Crippen molar-refractivity contribution in [1.29, 1.82) is 0 Å². The summed E-state index contributed by atoms with van der Waals surface area (Å²) in [5.41, 5.74) is 5.27. The zero-order valence-corrected chi connectivity index (χ0v) is 18.4. The maximum atomic E-state index is 5.33. The summed E-state index contributed by atoms with van der Waals surface area (Å²) in [6, 6.07) is 26.1. The summed E-state index contributed by atoms with van der Waals surface area (Å²) < 4.78 is 6.38. The summed E-state index contributed by atoms with van der Waals surface area (Å²) in [4.78, 5) is 17.9. The van der Waals surface area contributed by atoms with E-state index in [4.69, 9.17) is 14.7 Å². The minimum Gasteiger partial charge on any atom is -0.481 e. The molecule has 0 unspecified atom stereocenters. The van der Waals surface area contributed by atoms with Crippen molar-refractivity contribution in [2.24, 2.45) is 0 Å². The quantitative estimate of drug-likeness (QED) is 0.339. The van der Waals surface area contributed by atoms with Gasteiger partial charge in [-0.25, -0.2) is 15.0 Å². The van der Waals surface area contributed by atoms with Gasteiger partial charge >= 0.3 is 0 Å².